The number of carbonyl (C=O) groups excluding carboxylic acids is 2. The van der Waals surface area contributed by atoms with Crippen molar-refractivity contribution in [3.8, 4) is 11.5 Å². The summed E-state index contributed by atoms with van der Waals surface area (Å²) in [6.45, 7) is 1.81. The molecule has 0 amide bonds. The molecule has 27 heavy (non-hydrogen) atoms. The van der Waals surface area contributed by atoms with E-state index in [4.69, 9.17) is 25.5 Å². The van der Waals surface area contributed by atoms with Crippen LogP contribution in [0.5, 0.6) is 11.5 Å². The minimum Gasteiger partial charge on any atom is -0.462 e. The lowest BCUT2D eigenvalue weighted by Gasteiger charge is -2.05. The van der Waals surface area contributed by atoms with Crippen LogP contribution in [0.2, 0.25) is 5.02 Å². The van der Waals surface area contributed by atoms with Gasteiger partial charge in [0.2, 0.25) is 5.78 Å². The Hall–Kier alpha value is -3.31. The molecule has 3 aromatic rings. The van der Waals surface area contributed by atoms with Gasteiger partial charge in [-0.2, -0.15) is 0 Å². The smallest absolute Gasteiger partial charge is 0.343 e. The van der Waals surface area contributed by atoms with E-state index in [0.29, 0.717) is 27.7 Å². The molecule has 0 saturated carbocycles. The molecule has 1 aliphatic rings. The van der Waals surface area contributed by atoms with E-state index in [1.54, 1.807) is 48.5 Å². The summed E-state index contributed by atoms with van der Waals surface area (Å²) in [6.07, 6.45) is 1.54. The van der Waals surface area contributed by atoms with E-state index in [-0.39, 0.29) is 17.3 Å². The summed E-state index contributed by atoms with van der Waals surface area (Å²) in [5.41, 5.74) is 0.765. The molecular weight excluding hydrogens is 368 g/mol. The largest absolute Gasteiger partial charge is 0.462 e. The number of allylic oxidation sites excluding steroid dienone is 1. The van der Waals surface area contributed by atoms with Gasteiger partial charge in [0.15, 0.2) is 5.76 Å². The van der Waals surface area contributed by atoms with Crippen LogP contribution in [-0.4, -0.2) is 11.8 Å². The maximum atomic E-state index is 12.4. The Labute approximate surface area is 159 Å². The Balaban J connectivity index is 1.54. The molecule has 0 atom stereocenters. The number of ether oxygens (including phenoxy) is 2. The first kappa shape index (κ1) is 17.1. The second kappa shape index (κ2) is 6.78. The highest BCUT2D eigenvalue weighted by Gasteiger charge is 2.28. The molecule has 134 valence electrons. The van der Waals surface area contributed by atoms with Crippen LogP contribution in [0.25, 0.3) is 6.08 Å². The molecule has 0 saturated heterocycles. The molecule has 0 N–H and O–H groups in total. The van der Waals surface area contributed by atoms with Gasteiger partial charge >= 0.3 is 5.97 Å². The SMILES string of the molecule is Cc1ccc(C=C2Oc3cc(OC(=O)c4ccc(Cl)cc4)ccc3C2=O)o1. The van der Waals surface area contributed by atoms with Crippen LogP contribution in [0.15, 0.2) is 64.8 Å². The van der Waals surface area contributed by atoms with Gasteiger partial charge in [-0.1, -0.05) is 11.6 Å². The minimum atomic E-state index is -0.530. The van der Waals surface area contributed by atoms with Crippen LogP contribution in [-0.2, 0) is 0 Å². The van der Waals surface area contributed by atoms with E-state index in [0.717, 1.165) is 5.76 Å². The third-order valence-corrected chi connectivity index (χ3v) is 4.22. The lowest BCUT2D eigenvalue weighted by Crippen LogP contribution is -2.08. The highest BCUT2D eigenvalue weighted by molar-refractivity contribution is 6.30. The van der Waals surface area contributed by atoms with Crippen LogP contribution in [0.4, 0.5) is 0 Å². The van der Waals surface area contributed by atoms with E-state index >= 15 is 0 Å². The van der Waals surface area contributed by atoms with Gasteiger partial charge in [0, 0.05) is 17.2 Å². The summed E-state index contributed by atoms with van der Waals surface area (Å²) < 4.78 is 16.4. The number of carbonyl (C=O) groups is 2. The standard InChI is InChI=1S/C21H13ClO5/c1-12-2-7-15(25-12)11-19-20(23)17-9-8-16(10-18(17)27-19)26-21(24)13-3-5-14(22)6-4-13/h2-11H,1H3. The lowest BCUT2D eigenvalue weighted by molar-refractivity contribution is 0.0734. The number of Topliss-reactive ketones (excluding diaryl/α,β-unsaturated/α-hetero) is 1. The molecule has 0 spiro atoms. The minimum absolute atomic E-state index is 0.153. The number of hydrogen-bond donors (Lipinski definition) is 0. The van der Waals surface area contributed by atoms with E-state index in [2.05, 4.69) is 0 Å². The van der Waals surface area contributed by atoms with E-state index in [1.807, 2.05) is 6.92 Å². The predicted octanol–water partition coefficient (Wildman–Crippen LogP) is 5.08. The fraction of sp³-hybridized carbons (Fsp3) is 0.0476. The topological polar surface area (TPSA) is 65.7 Å². The first-order valence-electron chi connectivity index (χ1n) is 8.12. The van der Waals surface area contributed by atoms with Gasteiger partial charge in [-0.05, 0) is 55.5 Å². The summed E-state index contributed by atoms with van der Waals surface area (Å²) in [5, 5.41) is 0.530. The molecule has 0 aliphatic carbocycles. The number of ketones is 1. The molecule has 1 aromatic heterocycles. The van der Waals surface area contributed by atoms with Crippen LogP contribution < -0.4 is 9.47 Å². The molecule has 1 aliphatic heterocycles. The van der Waals surface area contributed by atoms with Crippen LogP contribution in [0, 0.1) is 6.92 Å². The fourth-order valence-corrected chi connectivity index (χ4v) is 2.77. The number of halogens is 1. The molecule has 0 bridgehead atoms. The van der Waals surface area contributed by atoms with Crippen molar-refractivity contribution < 1.29 is 23.5 Å². The van der Waals surface area contributed by atoms with Crippen molar-refractivity contribution in [2.75, 3.05) is 0 Å². The number of benzene rings is 2. The molecule has 6 heteroatoms. The van der Waals surface area contributed by atoms with Gasteiger partial charge in [0.05, 0.1) is 11.1 Å². The second-order valence-electron chi connectivity index (χ2n) is 5.94. The lowest BCUT2D eigenvalue weighted by atomic mass is 10.1. The second-order valence-corrected chi connectivity index (χ2v) is 6.38. The highest BCUT2D eigenvalue weighted by atomic mass is 35.5. The van der Waals surface area contributed by atoms with Crippen molar-refractivity contribution in [2.24, 2.45) is 0 Å². The highest BCUT2D eigenvalue weighted by Crippen LogP contribution is 2.35. The van der Waals surface area contributed by atoms with Crippen molar-refractivity contribution in [2.45, 2.75) is 6.92 Å². The zero-order valence-electron chi connectivity index (χ0n) is 14.2. The average Bonchev–Trinajstić information content (AvgIpc) is 3.19. The zero-order chi connectivity index (χ0) is 19.0. The van der Waals surface area contributed by atoms with Crippen LogP contribution >= 0.6 is 11.6 Å². The number of aryl methyl sites for hydroxylation is 1. The summed E-state index contributed by atoms with van der Waals surface area (Å²) in [7, 11) is 0. The maximum Gasteiger partial charge on any atom is 0.343 e. The first-order chi connectivity index (χ1) is 13.0. The third kappa shape index (κ3) is 3.50. The van der Waals surface area contributed by atoms with Gasteiger partial charge in [-0.15, -0.1) is 0 Å². The molecule has 0 fully saturated rings. The van der Waals surface area contributed by atoms with Gasteiger partial charge < -0.3 is 13.9 Å². The first-order valence-corrected chi connectivity index (χ1v) is 8.50. The predicted molar refractivity (Wildman–Crippen MR) is 99.2 cm³/mol. The summed E-state index contributed by atoms with van der Waals surface area (Å²) >= 11 is 5.81. The molecule has 2 heterocycles. The van der Waals surface area contributed by atoms with Crippen molar-refractivity contribution in [1.82, 2.24) is 0 Å². The quantitative estimate of drug-likeness (QED) is 0.360. The Morgan fingerprint density at radius 1 is 1.07 bits per heavy atom. The fourth-order valence-electron chi connectivity index (χ4n) is 2.64. The molecule has 5 nitrogen and oxygen atoms in total. The summed E-state index contributed by atoms with van der Waals surface area (Å²) in [4.78, 5) is 24.6. The number of fused-ring (bicyclic) bond motifs is 1. The molecule has 0 radical (unpaired) electrons. The van der Waals surface area contributed by atoms with Gasteiger partial charge in [0.25, 0.3) is 0 Å². The van der Waals surface area contributed by atoms with Crippen LogP contribution in [0.3, 0.4) is 0 Å². The normalized spacial score (nSPS) is 14.1. The van der Waals surface area contributed by atoms with Crippen LogP contribution in [0.1, 0.15) is 32.2 Å². The summed E-state index contributed by atoms with van der Waals surface area (Å²) in [5.74, 6) is 1.24. The van der Waals surface area contributed by atoms with Crippen molar-refractivity contribution in [1.29, 1.82) is 0 Å². The van der Waals surface area contributed by atoms with Gasteiger partial charge in [-0.25, -0.2) is 4.79 Å². The number of hydrogen-bond acceptors (Lipinski definition) is 5. The average molecular weight is 381 g/mol. The van der Waals surface area contributed by atoms with Crippen molar-refractivity contribution >= 4 is 29.4 Å². The Bertz CT molecular complexity index is 1080. The molecule has 2 aromatic carbocycles. The van der Waals surface area contributed by atoms with Crippen molar-refractivity contribution in [3.63, 3.8) is 0 Å². The molecule has 4 rings (SSSR count). The molecule has 0 unspecified atom stereocenters. The third-order valence-electron chi connectivity index (χ3n) is 3.97. The Kier molecular flexibility index (Phi) is 4.30. The van der Waals surface area contributed by atoms with Crippen molar-refractivity contribution in [3.05, 3.63) is 88.0 Å². The maximum absolute atomic E-state index is 12.4. The number of esters is 1. The van der Waals surface area contributed by atoms with Gasteiger partial charge in [-0.3, -0.25) is 4.79 Å². The Morgan fingerprint density at radius 3 is 2.56 bits per heavy atom. The molecular formula is C21H13ClO5. The van der Waals surface area contributed by atoms with E-state index in [1.165, 1.54) is 12.1 Å². The Morgan fingerprint density at radius 2 is 1.85 bits per heavy atom. The van der Waals surface area contributed by atoms with E-state index < -0.39 is 5.97 Å². The number of furan rings is 1. The number of rotatable bonds is 3. The zero-order valence-corrected chi connectivity index (χ0v) is 14.9. The monoisotopic (exact) mass is 380 g/mol. The van der Waals surface area contributed by atoms with Gasteiger partial charge in [0.1, 0.15) is 23.0 Å². The van der Waals surface area contributed by atoms with E-state index in [9.17, 15) is 9.59 Å². The summed E-state index contributed by atoms with van der Waals surface area (Å²) in [6, 6.07) is 14.5.